The van der Waals surface area contributed by atoms with Crippen LogP contribution in [-0.4, -0.2) is 54.3 Å². The average molecular weight is 530 g/mol. The molecule has 1 saturated heterocycles. The first-order valence-electron chi connectivity index (χ1n) is 12.7. The number of hydrogen-bond donors (Lipinski definition) is 1. The summed E-state index contributed by atoms with van der Waals surface area (Å²) in [7, 11) is 0. The maximum Gasteiger partial charge on any atom is 0.242 e. The number of nitrogens with zero attached hydrogens (tertiary/aromatic N) is 3. The van der Waals surface area contributed by atoms with Crippen LogP contribution >= 0.6 is 15.9 Å². The predicted octanol–water partition coefficient (Wildman–Crippen LogP) is 4.32. The Morgan fingerprint density at radius 3 is 2.44 bits per heavy atom. The van der Waals surface area contributed by atoms with Crippen LogP contribution in [0.25, 0.3) is 0 Å². The molecule has 0 spiro atoms. The molecule has 1 heterocycles. The number of fused-ring (bicyclic) bond motifs is 1. The van der Waals surface area contributed by atoms with Crippen LogP contribution in [-0.2, 0) is 16.1 Å². The van der Waals surface area contributed by atoms with E-state index in [2.05, 4.69) is 46.1 Å². The van der Waals surface area contributed by atoms with Crippen molar-refractivity contribution >= 4 is 27.7 Å². The van der Waals surface area contributed by atoms with Crippen molar-refractivity contribution in [1.82, 2.24) is 15.1 Å². The Morgan fingerprint density at radius 2 is 1.82 bits per heavy atom. The Bertz CT molecular complexity index is 936. The van der Waals surface area contributed by atoms with Crippen molar-refractivity contribution in [2.45, 2.75) is 58.9 Å². The van der Waals surface area contributed by atoms with Crippen molar-refractivity contribution in [3.63, 3.8) is 0 Å². The fraction of sp³-hybridized carbons (Fsp3) is 0.667. The molecule has 34 heavy (non-hydrogen) atoms. The largest absolute Gasteiger partial charge is 0.347 e. The van der Waals surface area contributed by atoms with Gasteiger partial charge in [0, 0.05) is 43.6 Å². The van der Waals surface area contributed by atoms with Crippen molar-refractivity contribution in [2.24, 2.45) is 23.2 Å². The van der Waals surface area contributed by atoms with Crippen LogP contribution < -0.4 is 5.32 Å². The summed E-state index contributed by atoms with van der Waals surface area (Å²) in [6.07, 6.45) is 6.81. The molecule has 1 aromatic rings. The molecule has 3 fully saturated rings. The fourth-order valence-corrected chi connectivity index (χ4v) is 7.16. The molecule has 2 amide bonds. The van der Waals surface area contributed by atoms with Crippen LogP contribution in [0, 0.1) is 34.5 Å². The van der Waals surface area contributed by atoms with Gasteiger partial charge < -0.3 is 10.2 Å². The minimum Gasteiger partial charge on any atom is -0.347 e. The zero-order chi connectivity index (χ0) is 24.3. The number of nitriles is 1. The normalized spacial score (nSPS) is 29.0. The zero-order valence-corrected chi connectivity index (χ0v) is 22.1. The monoisotopic (exact) mass is 528 g/mol. The SMILES string of the molecule is CCC1CC2CC(C)(CC(=O)NCC(=O)N3CCN(Cc4cc(Br)cc(C#N)c4)CC3)CC2C1. The lowest BCUT2D eigenvalue weighted by atomic mass is 9.81. The predicted molar refractivity (Wildman–Crippen MR) is 136 cm³/mol. The second-order valence-corrected chi connectivity index (χ2v) is 12.0. The van der Waals surface area contributed by atoms with E-state index in [0.29, 0.717) is 25.1 Å². The third-order valence-electron chi connectivity index (χ3n) is 8.27. The first-order chi connectivity index (χ1) is 16.3. The molecule has 4 rings (SSSR count). The van der Waals surface area contributed by atoms with E-state index in [0.717, 1.165) is 60.3 Å². The molecule has 1 aromatic carbocycles. The van der Waals surface area contributed by atoms with Gasteiger partial charge in [0.05, 0.1) is 18.2 Å². The third kappa shape index (κ3) is 6.20. The molecule has 2 atom stereocenters. The Labute approximate surface area is 212 Å². The van der Waals surface area contributed by atoms with Crippen molar-refractivity contribution < 1.29 is 9.59 Å². The number of benzene rings is 1. The Balaban J connectivity index is 1.17. The van der Waals surface area contributed by atoms with Gasteiger partial charge in [0.25, 0.3) is 0 Å². The van der Waals surface area contributed by atoms with Crippen molar-refractivity contribution in [1.29, 1.82) is 5.26 Å². The number of carbonyl (C=O) groups is 2. The highest BCUT2D eigenvalue weighted by molar-refractivity contribution is 9.10. The Hall–Kier alpha value is -1.91. The first-order valence-corrected chi connectivity index (χ1v) is 13.5. The molecule has 1 aliphatic heterocycles. The maximum absolute atomic E-state index is 12.7. The van der Waals surface area contributed by atoms with E-state index in [1.165, 1.54) is 19.3 Å². The number of amides is 2. The summed E-state index contributed by atoms with van der Waals surface area (Å²) < 4.78 is 0.908. The van der Waals surface area contributed by atoms with E-state index in [1.807, 2.05) is 23.1 Å². The van der Waals surface area contributed by atoms with Gasteiger partial charge >= 0.3 is 0 Å². The van der Waals surface area contributed by atoms with Gasteiger partial charge in [-0.15, -0.1) is 0 Å². The van der Waals surface area contributed by atoms with Gasteiger partial charge in [0.1, 0.15) is 0 Å². The van der Waals surface area contributed by atoms with E-state index < -0.39 is 0 Å². The summed E-state index contributed by atoms with van der Waals surface area (Å²) in [6.45, 7) is 8.30. The van der Waals surface area contributed by atoms with Gasteiger partial charge in [-0.1, -0.05) is 36.2 Å². The van der Waals surface area contributed by atoms with Gasteiger partial charge in [-0.05, 0) is 72.6 Å². The second-order valence-electron chi connectivity index (χ2n) is 11.1. The summed E-state index contributed by atoms with van der Waals surface area (Å²) in [5, 5.41) is 12.1. The topological polar surface area (TPSA) is 76.4 Å². The van der Waals surface area contributed by atoms with E-state index in [-0.39, 0.29) is 23.8 Å². The van der Waals surface area contributed by atoms with Crippen LogP contribution in [0.5, 0.6) is 0 Å². The van der Waals surface area contributed by atoms with E-state index >= 15 is 0 Å². The van der Waals surface area contributed by atoms with Gasteiger partial charge in [-0.25, -0.2) is 0 Å². The van der Waals surface area contributed by atoms with Crippen molar-refractivity contribution in [3.8, 4) is 6.07 Å². The summed E-state index contributed by atoms with van der Waals surface area (Å²) in [4.78, 5) is 29.5. The number of nitrogens with one attached hydrogen (secondary N) is 1. The standard InChI is InChI=1S/C27H37BrN4O2/c1-3-19-9-22-13-27(2,14-23(22)10-19)15-25(33)30-17-26(34)32-6-4-31(5-7-32)18-21-8-20(16-29)11-24(28)12-21/h8,11-12,19,22-23H,3-7,9-10,13-15,17-18H2,1-2H3,(H,30,33). The Kier molecular flexibility index (Phi) is 7.99. The fourth-order valence-electron chi connectivity index (χ4n) is 6.62. The molecule has 3 aliphatic rings. The number of halogens is 1. The lowest BCUT2D eigenvalue weighted by Gasteiger charge is -2.35. The van der Waals surface area contributed by atoms with Crippen LogP contribution in [0.4, 0.5) is 0 Å². The molecule has 2 saturated carbocycles. The highest BCUT2D eigenvalue weighted by atomic mass is 79.9. The molecular weight excluding hydrogens is 492 g/mol. The second kappa shape index (κ2) is 10.8. The van der Waals surface area contributed by atoms with Crippen LogP contribution in [0.1, 0.15) is 63.5 Å². The number of rotatable bonds is 7. The number of hydrogen-bond acceptors (Lipinski definition) is 4. The zero-order valence-electron chi connectivity index (χ0n) is 20.5. The molecule has 184 valence electrons. The average Bonchev–Trinajstić information content (AvgIpc) is 3.31. The minimum atomic E-state index is 0.00135. The van der Waals surface area contributed by atoms with Gasteiger partial charge in [-0.2, -0.15) is 5.26 Å². The third-order valence-corrected chi connectivity index (χ3v) is 8.73. The van der Waals surface area contributed by atoms with Gasteiger partial charge in [0.15, 0.2) is 0 Å². The van der Waals surface area contributed by atoms with E-state index in [9.17, 15) is 9.59 Å². The van der Waals surface area contributed by atoms with Gasteiger partial charge in [-0.3, -0.25) is 14.5 Å². The molecule has 2 aliphatic carbocycles. The highest BCUT2D eigenvalue weighted by Gasteiger charge is 2.47. The summed E-state index contributed by atoms with van der Waals surface area (Å²) >= 11 is 3.47. The van der Waals surface area contributed by atoms with Crippen LogP contribution in [0.3, 0.4) is 0 Å². The molecule has 2 unspecified atom stereocenters. The molecule has 0 bridgehead atoms. The number of piperazine rings is 1. The quantitative estimate of drug-likeness (QED) is 0.571. The Morgan fingerprint density at radius 1 is 1.15 bits per heavy atom. The molecular formula is C27H37BrN4O2. The highest BCUT2D eigenvalue weighted by Crippen LogP contribution is 2.56. The van der Waals surface area contributed by atoms with E-state index in [1.54, 1.807) is 0 Å². The first kappa shape index (κ1) is 25.2. The lowest BCUT2D eigenvalue weighted by Crippen LogP contribution is -2.51. The van der Waals surface area contributed by atoms with Crippen molar-refractivity contribution in [3.05, 3.63) is 33.8 Å². The van der Waals surface area contributed by atoms with Crippen molar-refractivity contribution in [2.75, 3.05) is 32.7 Å². The maximum atomic E-state index is 12.7. The summed E-state index contributed by atoms with van der Waals surface area (Å²) in [5.41, 5.74) is 1.83. The molecule has 6 nitrogen and oxygen atoms in total. The molecule has 1 N–H and O–H groups in total. The van der Waals surface area contributed by atoms with E-state index in [4.69, 9.17) is 5.26 Å². The smallest absolute Gasteiger partial charge is 0.242 e. The molecule has 0 aromatic heterocycles. The minimum absolute atomic E-state index is 0.00135. The molecule has 7 heteroatoms. The van der Waals surface area contributed by atoms with Crippen LogP contribution in [0.15, 0.2) is 22.7 Å². The summed E-state index contributed by atoms with van der Waals surface area (Å²) in [6, 6.07) is 7.96. The van der Waals surface area contributed by atoms with Crippen LogP contribution in [0.2, 0.25) is 0 Å². The number of carbonyl (C=O) groups excluding carboxylic acids is 2. The van der Waals surface area contributed by atoms with Gasteiger partial charge in [0.2, 0.25) is 11.8 Å². The summed E-state index contributed by atoms with van der Waals surface area (Å²) in [5.74, 6) is 2.50. The lowest BCUT2D eigenvalue weighted by molar-refractivity contribution is -0.134. The molecule has 0 radical (unpaired) electrons.